The van der Waals surface area contributed by atoms with E-state index in [1.54, 1.807) is 0 Å². The summed E-state index contributed by atoms with van der Waals surface area (Å²) in [6, 6.07) is 10.3. The highest BCUT2D eigenvalue weighted by Gasteiger charge is 2.20. The third kappa shape index (κ3) is 3.33. The number of hydrogen-bond donors (Lipinski definition) is 1. The Labute approximate surface area is 109 Å². The molecule has 0 aliphatic carbocycles. The topological polar surface area (TPSA) is 32.3 Å². The number of carbonyl (C=O) groups is 1. The maximum atomic E-state index is 12.3. The maximum absolute atomic E-state index is 12.3. The lowest BCUT2D eigenvalue weighted by Crippen LogP contribution is -2.40. The molecule has 1 unspecified atom stereocenters. The van der Waals surface area contributed by atoms with Crippen molar-refractivity contribution in [2.45, 2.75) is 38.6 Å². The number of amides is 1. The van der Waals surface area contributed by atoms with Gasteiger partial charge in [-0.25, -0.2) is 0 Å². The normalized spacial score (nSPS) is 19.5. The smallest absolute Gasteiger partial charge is 0.228 e. The molecule has 1 heterocycles. The van der Waals surface area contributed by atoms with Crippen LogP contribution in [-0.2, 0) is 4.79 Å². The third-order valence-electron chi connectivity index (χ3n) is 3.52. The summed E-state index contributed by atoms with van der Waals surface area (Å²) in [5.74, 6) is 0.225. The first-order valence-electron chi connectivity index (χ1n) is 6.90. The Morgan fingerprint density at radius 3 is 2.72 bits per heavy atom. The average molecular weight is 246 g/mol. The molecule has 0 spiro atoms. The standard InChI is InChI=1S/C15H22N2O/c1-2-17(14-9-4-3-5-10-14)15(18)12-13-8-6-7-11-16-13/h3-5,9-10,13,16H,2,6-8,11-12H2,1H3. The Kier molecular flexibility index (Phi) is 4.76. The van der Waals surface area contributed by atoms with Crippen molar-refractivity contribution in [2.75, 3.05) is 18.0 Å². The number of para-hydroxylation sites is 1. The van der Waals surface area contributed by atoms with Crippen LogP contribution in [0.5, 0.6) is 0 Å². The van der Waals surface area contributed by atoms with Crippen LogP contribution in [0.2, 0.25) is 0 Å². The van der Waals surface area contributed by atoms with Crippen LogP contribution in [0.1, 0.15) is 32.6 Å². The van der Waals surface area contributed by atoms with Gasteiger partial charge in [-0.1, -0.05) is 24.6 Å². The van der Waals surface area contributed by atoms with Gasteiger partial charge in [0.1, 0.15) is 0 Å². The van der Waals surface area contributed by atoms with Gasteiger partial charge in [-0.15, -0.1) is 0 Å². The number of carbonyl (C=O) groups excluding carboxylic acids is 1. The summed E-state index contributed by atoms with van der Waals surface area (Å²) in [7, 11) is 0. The first kappa shape index (κ1) is 13.1. The molecule has 1 saturated heterocycles. The Bertz CT molecular complexity index is 371. The first-order chi connectivity index (χ1) is 8.81. The van der Waals surface area contributed by atoms with Gasteiger partial charge in [-0.2, -0.15) is 0 Å². The summed E-state index contributed by atoms with van der Waals surface area (Å²) in [6.45, 7) is 3.81. The van der Waals surface area contributed by atoms with Crippen LogP contribution in [0.15, 0.2) is 30.3 Å². The summed E-state index contributed by atoms with van der Waals surface area (Å²) in [5, 5.41) is 3.43. The van der Waals surface area contributed by atoms with Gasteiger partial charge in [-0.3, -0.25) is 4.79 Å². The van der Waals surface area contributed by atoms with Gasteiger partial charge >= 0.3 is 0 Å². The number of piperidine rings is 1. The summed E-state index contributed by atoms with van der Waals surface area (Å²) < 4.78 is 0. The number of rotatable bonds is 4. The van der Waals surface area contributed by atoms with Gasteiger partial charge in [-0.05, 0) is 38.4 Å². The molecule has 0 radical (unpaired) electrons. The van der Waals surface area contributed by atoms with Gasteiger partial charge in [0, 0.05) is 24.7 Å². The lowest BCUT2D eigenvalue weighted by atomic mass is 10.0. The summed E-state index contributed by atoms with van der Waals surface area (Å²) in [5.41, 5.74) is 1.00. The fourth-order valence-electron chi connectivity index (χ4n) is 2.53. The minimum Gasteiger partial charge on any atom is -0.313 e. The van der Waals surface area contributed by atoms with Gasteiger partial charge in [0.2, 0.25) is 5.91 Å². The molecule has 0 aromatic heterocycles. The molecule has 0 bridgehead atoms. The van der Waals surface area contributed by atoms with E-state index in [0.29, 0.717) is 12.5 Å². The summed E-state index contributed by atoms with van der Waals surface area (Å²) >= 11 is 0. The van der Waals surface area contributed by atoms with Gasteiger partial charge in [0.05, 0.1) is 0 Å². The molecule has 3 nitrogen and oxygen atoms in total. The summed E-state index contributed by atoms with van der Waals surface area (Å²) in [6.07, 6.45) is 4.21. The van der Waals surface area contributed by atoms with Crippen LogP contribution < -0.4 is 10.2 Å². The van der Waals surface area contributed by atoms with Crippen molar-refractivity contribution in [1.82, 2.24) is 5.32 Å². The van der Waals surface area contributed by atoms with Crippen molar-refractivity contribution in [3.05, 3.63) is 30.3 Å². The second-order valence-electron chi connectivity index (χ2n) is 4.82. The Morgan fingerprint density at radius 1 is 1.33 bits per heavy atom. The zero-order valence-electron chi connectivity index (χ0n) is 11.1. The van der Waals surface area contributed by atoms with Crippen LogP contribution in [0, 0.1) is 0 Å². The molecule has 98 valence electrons. The molecular formula is C15H22N2O. The highest BCUT2D eigenvalue weighted by Crippen LogP contribution is 2.17. The van der Waals surface area contributed by atoms with Gasteiger partial charge < -0.3 is 10.2 Å². The second kappa shape index (κ2) is 6.55. The Morgan fingerprint density at radius 2 is 2.11 bits per heavy atom. The highest BCUT2D eigenvalue weighted by molar-refractivity contribution is 5.93. The van der Waals surface area contributed by atoms with E-state index in [2.05, 4.69) is 5.32 Å². The number of nitrogens with zero attached hydrogens (tertiary/aromatic N) is 1. The fraction of sp³-hybridized carbons (Fsp3) is 0.533. The molecule has 1 N–H and O–H groups in total. The zero-order valence-corrected chi connectivity index (χ0v) is 11.1. The molecule has 0 saturated carbocycles. The first-order valence-corrected chi connectivity index (χ1v) is 6.90. The van der Waals surface area contributed by atoms with Crippen molar-refractivity contribution in [3.63, 3.8) is 0 Å². The predicted octanol–water partition coefficient (Wildman–Crippen LogP) is 2.57. The van der Waals surface area contributed by atoms with E-state index in [4.69, 9.17) is 0 Å². The van der Waals surface area contributed by atoms with Crippen LogP contribution in [0.4, 0.5) is 5.69 Å². The van der Waals surface area contributed by atoms with E-state index in [1.807, 2.05) is 42.2 Å². The van der Waals surface area contributed by atoms with Crippen LogP contribution in [0.3, 0.4) is 0 Å². The summed E-state index contributed by atoms with van der Waals surface area (Å²) in [4.78, 5) is 14.2. The van der Waals surface area contributed by atoms with Crippen LogP contribution in [-0.4, -0.2) is 25.0 Å². The molecule has 1 aliphatic rings. The molecule has 3 heteroatoms. The molecular weight excluding hydrogens is 224 g/mol. The lowest BCUT2D eigenvalue weighted by molar-refractivity contribution is -0.119. The fourth-order valence-corrected chi connectivity index (χ4v) is 2.53. The Balaban J connectivity index is 1.97. The maximum Gasteiger partial charge on any atom is 0.228 e. The SMILES string of the molecule is CCN(C(=O)CC1CCCCN1)c1ccccc1. The molecule has 1 aromatic carbocycles. The number of nitrogens with one attached hydrogen (secondary N) is 1. The van der Waals surface area contributed by atoms with Crippen molar-refractivity contribution in [2.24, 2.45) is 0 Å². The molecule has 1 amide bonds. The predicted molar refractivity (Wildman–Crippen MR) is 74.7 cm³/mol. The molecule has 1 atom stereocenters. The van der Waals surface area contributed by atoms with Crippen molar-refractivity contribution in [3.8, 4) is 0 Å². The lowest BCUT2D eigenvalue weighted by Gasteiger charge is -2.27. The molecule has 1 aliphatic heterocycles. The average Bonchev–Trinajstić information content (AvgIpc) is 2.42. The molecule has 18 heavy (non-hydrogen) atoms. The van der Waals surface area contributed by atoms with Crippen molar-refractivity contribution < 1.29 is 4.79 Å². The van der Waals surface area contributed by atoms with E-state index >= 15 is 0 Å². The van der Waals surface area contributed by atoms with Gasteiger partial charge in [0.25, 0.3) is 0 Å². The molecule has 2 rings (SSSR count). The molecule has 1 aromatic rings. The van der Waals surface area contributed by atoms with E-state index < -0.39 is 0 Å². The van der Waals surface area contributed by atoms with Crippen LogP contribution >= 0.6 is 0 Å². The van der Waals surface area contributed by atoms with Gasteiger partial charge in [0.15, 0.2) is 0 Å². The monoisotopic (exact) mass is 246 g/mol. The number of hydrogen-bond acceptors (Lipinski definition) is 2. The number of benzene rings is 1. The van der Waals surface area contributed by atoms with Crippen molar-refractivity contribution in [1.29, 1.82) is 0 Å². The zero-order chi connectivity index (χ0) is 12.8. The van der Waals surface area contributed by atoms with E-state index in [0.717, 1.165) is 25.2 Å². The largest absolute Gasteiger partial charge is 0.313 e. The van der Waals surface area contributed by atoms with E-state index in [1.165, 1.54) is 12.8 Å². The minimum atomic E-state index is 0.225. The van der Waals surface area contributed by atoms with Crippen molar-refractivity contribution >= 4 is 11.6 Å². The van der Waals surface area contributed by atoms with E-state index in [9.17, 15) is 4.79 Å². The third-order valence-corrected chi connectivity index (χ3v) is 3.52. The van der Waals surface area contributed by atoms with E-state index in [-0.39, 0.29) is 5.91 Å². The highest BCUT2D eigenvalue weighted by atomic mass is 16.2. The Hall–Kier alpha value is -1.35. The quantitative estimate of drug-likeness (QED) is 0.885. The minimum absolute atomic E-state index is 0.225. The molecule has 1 fully saturated rings. The number of anilines is 1. The second-order valence-corrected chi connectivity index (χ2v) is 4.82. The van der Waals surface area contributed by atoms with Crippen LogP contribution in [0.25, 0.3) is 0 Å².